The van der Waals surface area contributed by atoms with E-state index in [4.69, 9.17) is 15.6 Å². The van der Waals surface area contributed by atoms with Crippen molar-refractivity contribution >= 4 is 26.8 Å². The van der Waals surface area contributed by atoms with Crippen LogP contribution in [0, 0.1) is 0 Å². The van der Waals surface area contributed by atoms with Crippen LogP contribution in [0.4, 0.5) is 0 Å². The molecule has 0 radical (unpaired) electrons. The molecule has 5 heteroatoms. The van der Waals surface area contributed by atoms with Gasteiger partial charge >= 0.3 is 0 Å². The molecule has 1 unspecified atom stereocenters. The molecule has 0 spiro atoms. The normalized spacial score (nSPS) is 16.6. The summed E-state index contributed by atoms with van der Waals surface area (Å²) >= 11 is 3.58. The number of nitrogens with one attached hydrogen (secondary N) is 1. The van der Waals surface area contributed by atoms with E-state index < -0.39 is 0 Å². The van der Waals surface area contributed by atoms with Crippen LogP contribution < -0.4 is 11.3 Å². The summed E-state index contributed by atoms with van der Waals surface area (Å²) in [6.07, 6.45) is 4.14. The number of halogens is 1. The summed E-state index contributed by atoms with van der Waals surface area (Å²) in [7, 11) is 0. The molecule has 0 saturated carbocycles. The van der Waals surface area contributed by atoms with Crippen LogP contribution in [-0.2, 0) is 4.74 Å². The molecule has 0 amide bonds. The van der Waals surface area contributed by atoms with E-state index in [-0.39, 0.29) is 6.04 Å². The van der Waals surface area contributed by atoms with Crippen molar-refractivity contribution in [2.45, 2.75) is 18.9 Å². The minimum absolute atomic E-state index is 0.228. The van der Waals surface area contributed by atoms with E-state index in [2.05, 4.69) is 33.5 Å². The standard InChI is InChI=1S/C15H16BrN3O/c16-11-9-10-5-1-2-6-12(10)18-14(11)15(19-17)13-7-3-4-8-20-13/h1-2,5-7,9,15,19H,3-4,8,17H2. The van der Waals surface area contributed by atoms with E-state index in [1.807, 2.05) is 24.3 Å². The van der Waals surface area contributed by atoms with Crippen molar-refractivity contribution in [1.82, 2.24) is 10.4 Å². The number of hydrogen-bond donors (Lipinski definition) is 2. The van der Waals surface area contributed by atoms with Crippen LogP contribution >= 0.6 is 15.9 Å². The summed E-state index contributed by atoms with van der Waals surface area (Å²) < 4.78 is 6.64. The van der Waals surface area contributed by atoms with Crippen molar-refractivity contribution in [3.63, 3.8) is 0 Å². The number of pyridine rings is 1. The molecule has 4 nitrogen and oxygen atoms in total. The summed E-state index contributed by atoms with van der Waals surface area (Å²) in [5.41, 5.74) is 4.60. The molecule has 2 aromatic rings. The third-order valence-electron chi connectivity index (χ3n) is 3.39. The Bertz CT molecular complexity index is 657. The van der Waals surface area contributed by atoms with Crippen LogP contribution in [0.5, 0.6) is 0 Å². The van der Waals surface area contributed by atoms with Crippen molar-refractivity contribution < 1.29 is 4.74 Å². The fourth-order valence-corrected chi connectivity index (χ4v) is 2.95. The second-order valence-electron chi connectivity index (χ2n) is 4.74. The Morgan fingerprint density at radius 3 is 2.95 bits per heavy atom. The molecular formula is C15H16BrN3O. The smallest absolute Gasteiger partial charge is 0.121 e. The Balaban J connectivity index is 2.06. The topological polar surface area (TPSA) is 60.2 Å². The molecule has 104 valence electrons. The number of ether oxygens (including phenoxy) is 1. The van der Waals surface area contributed by atoms with Gasteiger partial charge in [0.25, 0.3) is 0 Å². The fourth-order valence-electron chi connectivity index (χ4n) is 2.38. The highest BCUT2D eigenvalue weighted by Crippen LogP contribution is 2.31. The minimum Gasteiger partial charge on any atom is -0.496 e. The van der Waals surface area contributed by atoms with Gasteiger partial charge in [-0.15, -0.1) is 0 Å². The van der Waals surface area contributed by atoms with E-state index >= 15 is 0 Å². The average Bonchev–Trinajstić information content (AvgIpc) is 2.49. The number of aromatic nitrogens is 1. The molecular weight excluding hydrogens is 318 g/mol. The van der Waals surface area contributed by atoms with E-state index in [0.29, 0.717) is 0 Å². The van der Waals surface area contributed by atoms with Crippen molar-refractivity contribution in [3.05, 3.63) is 52.3 Å². The average molecular weight is 334 g/mol. The largest absolute Gasteiger partial charge is 0.496 e. The molecule has 0 aliphatic carbocycles. The summed E-state index contributed by atoms with van der Waals surface area (Å²) in [5, 5.41) is 1.09. The van der Waals surface area contributed by atoms with Crippen LogP contribution in [0.1, 0.15) is 24.6 Å². The third kappa shape index (κ3) is 2.57. The summed E-state index contributed by atoms with van der Waals surface area (Å²) in [4.78, 5) is 4.71. The van der Waals surface area contributed by atoms with E-state index in [0.717, 1.165) is 46.3 Å². The number of nitrogens with zero attached hydrogens (tertiary/aromatic N) is 1. The fraction of sp³-hybridized carbons (Fsp3) is 0.267. The van der Waals surface area contributed by atoms with Gasteiger partial charge in [-0.25, -0.2) is 10.4 Å². The Morgan fingerprint density at radius 1 is 1.35 bits per heavy atom. The lowest BCUT2D eigenvalue weighted by Gasteiger charge is -2.23. The second kappa shape index (κ2) is 5.91. The van der Waals surface area contributed by atoms with Crippen molar-refractivity contribution in [2.75, 3.05) is 6.61 Å². The SMILES string of the molecule is NNC(C1=CCCCO1)c1nc2ccccc2cc1Br. The number of nitrogens with two attached hydrogens (primary N) is 1. The zero-order valence-corrected chi connectivity index (χ0v) is 12.6. The number of fused-ring (bicyclic) bond motifs is 1. The zero-order valence-electron chi connectivity index (χ0n) is 11.0. The van der Waals surface area contributed by atoms with Crippen LogP contribution in [0.2, 0.25) is 0 Å². The molecule has 1 aromatic carbocycles. The van der Waals surface area contributed by atoms with Gasteiger partial charge in [0.05, 0.1) is 17.8 Å². The number of hydrogen-bond acceptors (Lipinski definition) is 4. The highest BCUT2D eigenvalue weighted by molar-refractivity contribution is 9.10. The number of hydrazine groups is 1. The summed E-state index contributed by atoms with van der Waals surface area (Å²) in [6, 6.07) is 9.85. The van der Waals surface area contributed by atoms with Gasteiger partial charge < -0.3 is 4.74 Å². The molecule has 0 bridgehead atoms. The predicted molar refractivity (Wildman–Crippen MR) is 82.8 cm³/mol. The van der Waals surface area contributed by atoms with Gasteiger partial charge in [0.15, 0.2) is 0 Å². The molecule has 1 aromatic heterocycles. The van der Waals surface area contributed by atoms with Crippen LogP contribution in [0.15, 0.2) is 46.6 Å². The van der Waals surface area contributed by atoms with Crippen molar-refractivity contribution in [2.24, 2.45) is 5.84 Å². The Labute approximate surface area is 126 Å². The van der Waals surface area contributed by atoms with Gasteiger partial charge in [0, 0.05) is 9.86 Å². The predicted octanol–water partition coefficient (Wildman–Crippen LogP) is 3.20. The highest BCUT2D eigenvalue weighted by atomic mass is 79.9. The maximum atomic E-state index is 5.72. The van der Waals surface area contributed by atoms with E-state index in [1.165, 1.54) is 0 Å². The maximum absolute atomic E-state index is 5.72. The monoisotopic (exact) mass is 333 g/mol. The quantitative estimate of drug-likeness (QED) is 0.668. The zero-order chi connectivity index (χ0) is 13.9. The van der Waals surface area contributed by atoms with E-state index in [9.17, 15) is 0 Å². The van der Waals surface area contributed by atoms with Gasteiger partial charge in [-0.05, 0) is 47.0 Å². The molecule has 1 atom stereocenters. The molecule has 20 heavy (non-hydrogen) atoms. The Hall–Kier alpha value is -1.43. The molecule has 3 N–H and O–H groups in total. The first-order valence-electron chi connectivity index (χ1n) is 6.64. The van der Waals surface area contributed by atoms with Gasteiger partial charge in [0.1, 0.15) is 11.8 Å². The van der Waals surface area contributed by atoms with Gasteiger partial charge in [0.2, 0.25) is 0 Å². The van der Waals surface area contributed by atoms with Crippen LogP contribution in [0.3, 0.4) is 0 Å². The number of allylic oxidation sites excluding steroid dienone is 1. The Kier molecular flexibility index (Phi) is 4.00. The van der Waals surface area contributed by atoms with Crippen molar-refractivity contribution in [1.29, 1.82) is 0 Å². The summed E-state index contributed by atoms with van der Waals surface area (Å²) in [6.45, 7) is 0.731. The van der Waals surface area contributed by atoms with Gasteiger partial charge in [-0.2, -0.15) is 0 Å². The first-order chi connectivity index (χ1) is 9.79. The van der Waals surface area contributed by atoms with Crippen LogP contribution in [0.25, 0.3) is 10.9 Å². The lowest BCUT2D eigenvalue weighted by molar-refractivity contribution is 0.167. The summed E-state index contributed by atoms with van der Waals surface area (Å²) in [5.74, 6) is 6.57. The number of rotatable bonds is 3. The van der Waals surface area contributed by atoms with Gasteiger partial charge in [-0.3, -0.25) is 5.84 Å². The second-order valence-corrected chi connectivity index (χ2v) is 5.60. The first kappa shape index (κ1) is 13.5. The molecule has 2 heterocycles. The third-order valence-corrected chi connectivity index (χ3v) is 4.03. The molecule has 1 aliphatic heterocycles. The Morgan fingerprint density at radius 2 is 2.20 bits per heavy atom. The lowest BCUT2D eigenvalue weighted by Crippen LogP contribution is -2.32. The molecule has 3 rings (SSSR count). The number of benzene rings is 1. The van der Waals surface area contributed by atoms with Crippen LogP contribution in [-0.4, -0.2) is 11.6 Å². The lowest BCUT2D eigenvalue weighted by atomic mass is 10.1. The highest BCUT2D eigenvalue weighted by Gasteiger charge is 2.22. The molecule has 0 saturated heterocycles. The van der Waals surface area contributed by atoms with E-state index in [1.54, 1.807) is 0 Å². The maximum Gasteiger partial charge on any atom is 0.121 e. The molecule has 1 aliphatic rings. The molecule has 0 fully saturated rings. The minimum atomic E-state index is -0.228. The van der Waals surface area contributed by atoms with Crippen molar-refractivity contribution in [3.8, 4) is 0 Å². The van der Waals surface area contributed by atoms with Gasteiger partial charge in [-0.1, -0.05) is 18.2 Å². The first-order valence-corrected chi connectivity index (χ1v) is 7.43. The number of para-hydroxylation sites is 1.